The molecule has 0 spiro atoms. The first kappa shape index (κ1) is 23.1. The number of rotatable bonds is 6. The van der Waals surface area contributed by atoms with E-state index < -0.39 is 0 Å². The Hall–Kier alpha value is -3.62. The average molecular weight is 553 g/mol. The van der Waals surface area contributed by atoms with Crippen LogP contribution in [0.1, 0.15) is 12.5 Å². The minimum atomic E-state index is -0.326. The molecule has 9 heteroatoms. The normalized spacial score (nSPS) is 11.5. The number of fused-ring (bicyclic) bond motifs is 2. The molecule has 0 saturated heterocycles. The molecule has 7 nitrogen and oxygen atoms in total. The standard InChI is InChI=1S/C26H19BrClN3O4/c1-3-34-24-19(28)10-15(11-22(24)33-2)14-29-31-25(30-20-7-5-4-6-18(20)26(31)32)23-13-16-12-17(27)8-9-21(16)35-23/h4-14H,3H2,1-2H3. The van der Waals surface area contributed by atoms with Crippen LogP contribution in [-0.4, -0.2) is 29.6 Å². The maximum absolute atomic E-state index is 13.4. The highest BCUT2D eigenvalue weighted by molar-refractivity contribution is 9.10. The van der Waals surface area contributed by atoms with Gasteiger partial charge in [0.1, 0.15) is 5.58 Å². The van der Waals surface area contributed by atoms with Gasteiger partial charge in [-0.15, -0.1) is 0 Å². The highest BCUT2D eigenvalue weighted by Gasteiger charge is 2.17. The predicted molar refractivity (Wildman–Crippen MR) is 141 cm³/mol. The van der Waals surface area contributed by atoms with Crippen LogP contribution in [0.5, 0.6) is 11.5 Å². The van der Waals surface area contributed by atoms with Crippen molar-refractivity contribution in [1.82, 2.24) is 9.66 Å². The molecule has 0 N–H and O–H groups in total. The lowest BCUT2D eigenvalue weighted by Crippen LogP contribution is -2.20. The van der Waals surface area contributed by atoms with Crippen LogP contribution in [0.15, 0.2) is 79.4 Å². The Bertz CT molecular complexity index is 1660. The van der Waals surface area contributed by atoms with Crippen molar-refractivity contribution in [2.45, 2.75) is 6.92 Å². The Morgan fingerprint density at radius 1 is 1.17 bits per heavy atom. The van der Waals surface area contributed by atoms with E-state index in [1.54, 1.807) is 30.3 Å². The maximum atomic E-state index is 13.4. The second-order valence-electron chi connectivity index (χ2n) is 7.57. The number of benzene rings is 3. The Morgan fingerprint density at radius 2 is 2.00 bits per heavy atom. The first-order valence-electron chi connectivity index (χ1n) is 10.7. The van der Waals surface area contributed by atoms with Gasteiger partial charge in [-0.05, 0) is 61.0 Å². The van der Waals surface area contributed by atoms with Crippen LogP contribution in [0.3, 0.4) is 0 Å². The van der Waals surface area contributed by atoms with E-state index in [4.69, 9.17) is 30.5 Å². The smallest absolute Gasteiger partial charge is 0.282 e. The summed E-state index contributed by atoms with van der Waals surface area (Å²) in [6.45, 7) is 2.31. The van der Waals surface area contributed by atoms with Crippen molar-refractivity contribution in [3.8, 4) is 23.1 Å². The minimum absolute atomic E-state index is 0.279. The molecule has 0 radical (unpaired) electrons. The molecule has 35 heavy (non-hydrogen) atoms. The fourth-order valence-electron chi connectivity index (χ4n) is 3.74. The van der Waals surface area contributed by atoms with Gasteiger partial charge in [0.05, 0.1) is 35.9 Å². The largest absolute Gasteiger partial charge is 0.493 e. The van der Waals surface area contributed by atoms with Gasteiger partial charge in [-0.1, -0.05) is 39.7 Å². The lowest BCUT2D eigenvalue weighted by Gasteiger charge is -2.12. The lowest BCUT2D eigenvalue weighted by atomic mass is 10.2. The van der Waals surface area contributed by atoms with Crippen LogP contribution in [-0.2, 0) is 0 Å². The van der Waals surface area contributed by atoms with Crippen molar-refractivity contribution >= 4 is 55.6 Å². The third-order valence-electron chi connectivity index (χ3n) is 5.32. The summed E-state index contributed by atoms with van der Waals surface area (Å²) in [6, 6.07) is 18.0. The second-order valence-corrected chi connectivity index (χ2v) is 8.90. The first-order valence-corrected chi connectivity index (χ1v) is 11.9. The molecule has 5 rings (SSSR count). The van der Waals surface area contributed by atoms with E-state index >= 15 is 0 Å². The van der Waals surface area contributed by atoms with Gasteiger partial charge in [-0.25, -0.2) is 4.98 Å². The SMILES string of the molecule is CCOc1c(Cl)cc(C=Nn2c(-c3cc4cc(Br)ccc4o3)nc3ccccc3c2=O)cc1OC. The van der Waals surface area contributed by atoms with Crippen molar-refractivity contribution in [1.29, 1.82) is 0 Å². The molecule has 0 aliphatic carbocycles. The Labute approximate surface area is 213 Å². The van der Waals surface area contributed by atoms with Crippen LogP contribution in [0.4, 0.5) is 0 Å². The van der Waals surface area contributed by atoms with Crippen LogP contribution >= 0.6 is 27.5 Å². The molecule has 5 aromatic rings. The number of halogens is 2. The lowest BCUT2D eigenvalue weighted by molar-refractivity contribution is 0.311. The minimum Gasteiger partial charge on any atom is -0.493 e. The summed E-state index contributed by atoms with van der Waals surface area (Å²) in [7, 11) is 1.53. The first-order chi connectivity index (χ1) is 17.0. The quantitative estimate of drug-likeness (QED) is 0.224. The van der Waals surface area contributed by atoms with Gasteiger partial charge in [0, 0.05) is 9.86 Å². The zero-order valence-electron chi connectivity index (χ0n) is 18.8. The van der Waals surface area contributed by atoms with Gasteiger partial charge < -0.3 is 13.9 Å². The molecular formula is C26H19BrClN3O4. The molecule has 0 aliphatic heterocycles. The fourth-order valence-corrected chi connectivity index (χ4v) is 4.39. The number of nitrogens with zero attached hydrogens (tertiary/aromatic N) is 3. The Morgan fingerprint density at radius 3 is 2.80 bits per heavy atom. The summed E-state index contributed by atoms with van der Waals surface area (Å²) in [6.07, 6.45) is 1.52. The Kier molecular flexibility index (Phi) is 6.32. The predicted octanol–water partition coefficient (Wildman–Crippen LogP) is 6.52. The van der Waals surface area contributed by atoms with E-state index in [2.05, 4.69) is 21.0 Å². The van der Waals surface area contributed by atoms with Crippen molar-refractivity contribution in [2.24, 2.45) is 5.10 Å². The monoisotopic (exact) mass is 551 g/mol. The summed E-state index contributed by atoms with van der Waals surface area (Å²) in [5.74, 6) is 1.61. The van der Waals surface area contributed by atoms with E-state index in [1.165, 1.54) is 18.0 Å². The second kappa shape index (κ2) is 9.56. The topological polar surface area (TPSA) is 78.9 Å². The number of aromatic nitrogens is 2. The van der Waals surface area contributed by atoms with E-state index in [9.17, 15) is 4.79 Å². The van der Waals surface area contributed by atoms with Crippen molar-refractivity contribution in [3.63, 3.8) is 0 Å². The molecular weight excluding hydrogens is 534 g/mol. The number of hydrogen-bond donors (Lipinski definition) is 0. The van der Waals surface area contributed by atoms with Gasteiger partial charge in [-0.3, -0.25) is 4.79 Å². The van der Waals surface area contributed by atoms with Gasteiger partial charge in [0.2, 0.25) is 5.82 Å². The van der Waals surface area contributed by atoms with Crippen molar-refractivity contribution in [3.05, 3.63) is 86.1 Å². The van der Waals surface area contributed by atoms with E-state index in [-0.39, 0.29) is 11.4 Å². The van der Waals surface area contributed by atoms with Crippen molar-refractivity contribution < 1.29 is 13.9 Å². The zero-order chi connectivity index (χ0) is 24.5. The third kappa shape index (κ3) is 4.42. The summed E-state index contributed by atoms with van der Waals surface area (Å²) in [5, 5.41) is 6.16. The molecule has 2 heterocycles. The number of furan rings is 1. The van der Waals surface area contributed by atoms with Gasteiger partial charge in [0.15, 0.2) is 17.3 Å². The highest BCUT2D eigenvalue weighted by Crippen LogP contribution is 2.36. The Balaban J connectivity index is 1.68. The summed E-state index contributed by atoms with van der Waals surface area (Å²) in [4.78, 5) is 18.1. The number of methoxy groups -OCH3 is 1. The molecule has 0 aliphatic rings. The number of hydrogen-bond acceptors (Lipinski definition) is 6. The van der Waals surface area contributed by atoms with E-state index in [1.807, 2.05) is 37.3 Å². The fraction of sp³-hybridized carbons (Fsp3) is 0.115. The molecule has 0 bridgehead atoms. The summed E-state index contributed by atoms with van der Waals surface area (Å²) in [5.41, 5.74) is 1.51. The average Bonchev–Trinajstić information content (AvgIpc) is 3.28. The number of ether oxygens (including phenoxy) is 2. The summed E-state index contributed by atoms with van der Waals surface area (Å²) < 4.78 is 19.2. The molecule has 0 atom stereocenters. The van der Waals surface area contributed by atoms with Crippen molar-refractivity contribution in [2.75, 3.05) is 13.7 Å². The molecule has 2 aromatic heterocycles. The van der Waals surface area contributed by atoms with Crippen LogP contribution in [0, 0.1) is 0 Å². The maximum Gasteiger partial charge on any atom is 0.282 e. The third-order valence-corrected chi connectivity index (χ3v) is 6.09. The van der Waals surface area contributed by atoms with Crippen LogP contribution < -0.4 is 15.0 Å². The van der Waals surface area contributed by atoms with Crippen LogP contribution in [0.2, 0.25) is 5.02 Å². The molecule has 0 unspecified atom stereocenters. The van der Waals surface area contributed by atoms with Gasteiger partial charge in [-0.2, -0.15) is 9.78 Å². The molecule has 0 amide bonds. The molecule has 3 aromatic carbocycles. The summed E-state index contributed by atoms with van der Waals surface area (Å²) >= 11 is 9.88. The van der Waals surface area contributed by atoms with Gasteiger partial charge in [0.25, 0.3) is 5.56 Å². The van der Waals surface area contributed by atoms with Crippen LogP contribution in [0.25, 0.3) is 33.5 Å². The van der Waals surface area contributed by atoms with E-state index in [0.29, 0.717) is 50.9 Å². The van der Waals surface area contributed by atoms with E-state index in [0.717, 1.165) is 9.86 Å². The molecule has 176 valence electrons. The molecule has 0 saturated carbocycles. The number of para-hydroxylation sites is 1. The highest BCUT2D eigenvalue weighted by atomic mass is 79.9. The molecule has 0 fully saturated rings. The zero-order valence-corrected chi connectivity index (χ0v) is 21.1. The van der Waals surface area contributed by atoms with Gasteiger partial charge >= 0.3 is 0 Å².